The summed E-state index contributed by atoms with van der Waals surface area (Å²) in [5.74, 6) is 5.87. The topological polar surface area (TPSA) is 30.7 Å². The summed E-state index contributed by atoms with van der Waals surface area (Å²) in [5.41, 5.74) is 0.916. The Labute approximate surface area is 115 Å². The fourth-order valence-electron chi connectivity index (χ4n) is 1.74. The number of carbonyl (C=O) groups is 1. The van der Waals surface area contributed by atoms with Crippen LogP contribution in [0.4, 0.5) is 0 Å². The van der Waals surface area contributed by atoms with Crippen LogP contribution in [0, 0.1) is 11.8 Å². The van der Waals surface area contributed by atoms with E-state index >= 15 is 0 Å². The minimum absolute atomic E-state index is 0.307. The van der Waals surface area contributed by atoms with Crippen molar-refractivity contribution in [2.45, 2.75) is 26.9 Å². The molecule has 0 unspecified atom stereocenters. The fraction of sp³-hybridized carbons (Fsp3) is 0.438. The van der Waals surface area contributed by atoms with Crippen molar-refractivity contribution in [3.05, 3.63) is 35.9 Å². The van der Waals surface area contributed by atoms with Gasteiger partial charge >= 0.3 is 5.97 Å². The summed E-state index contributed by atoms with van der Waals surface area (Å²) in [6, 6.07) is 9.62. The lowest BCUT2D eigenvalue weighted by Gasteiger charge is -2.13. The number of nitrogens with one attached hydrogen (secondary N) is 1. The Morgan fingerprint density at radius 2 is 1.89 bits per heavy atom. The predicted molar refractivity (Wildman–Crippen MR) is 75.6 cm³/mol. The van der Waals surface area contributed by atoms with E-state index in [4.69, 9.17) is 4.74 Å². The standard InChI is InChI=1S/C16H21NO2/c1-4-17(5-2)13-9-12-16(19-14(3)18)15-10-7-6-8-11-15/h6-8,10-11,16H,4-5,13H2,1-3H3/p+1/t16-/m1/s1. The average Bonchev–Trinajstić information content (AvgIpc) is 2.43. The maximum Gasteiger partial charge on any atom is 0.304 e. The summed E-state index contributed by atoms with van der Waals surface area (Å²) in [7, 11) is 0. The van der Waals surface area contributed by atoms with Gasteiger partial charge < -0.3 is 9.64 Å². The predicted octanol–water partition coefficient (Wildman–Crippen LogP) is 1.22. The van der Waals surface area contributed by atoms with Crippen molar-refractivity contribution in [3.63, 3.8) is 0 Å². The molecule has 0 saturated heterocycles. The van der Waals surface area contributed by atoms with Gasteiger partial charge in [-0.3, -0.25) is 4.79 Å². The summed E-state index contributed by atoms with van der Waals surface area (Å²) in [5, 5.41) is 0. The minimum Gasteiger partial charge on any atom is -0.444 e. The number of ether oxygens (including phenoxy) is 1. The molecule has 0 saturated carbocycles. The van der Waals surface area contributed by atoms with E-state index in [0.29, 0.717) is 0 Å². The highest BCUT2D eigenvalue weighted by atomic mass is 16.5. The Hall–Kier alpha value is -1.79. The van der Waals surface area contributed by atoms with Crippen LogP contribution in [0.25, 0.3) is 0 Å². The third-order valence-corrected chi connectivity index (χ3v) is 2.96. The number of quaternary nitrogens is 1. The van der Waals surface area contributed by atoms with Crippen molar-refractivity contribution in [3.8, 4) is 11.8 Å². The molecule has 1 aromatic rings. The van der Waals surface area contributed by atoms with Gasteiger partial charge in [-0.2, -0.15) is 0 Å². The third kappa shape index (κ3) is 5.58. The molecular formula is C16H22NO2+. The Bertz CT molecular complexity index is 441. The lowest BCUT2D eigenvalue weighted by Crippen LogP contribution is -3.11. The molecule has 0 amide bonds. The summed E-state index contributed by atoms with van der Waals surface area (Å²) in [6.07, 6.45) is -0.464. The maximum atomic E-state index is 11.1. The summed E-state index contributed by atoms with van der Waals surface area (Å²) in [6.45, 7) is 8.57. The van der Waals surface area contributed by atoms with Crippen molar-refractivity contribution in [2.75, 3.05) is 19.6 Å². The second kappa shape index (κ2) is 8.34. The second-order valence-electron chi connectivity index (χ2n) is 4.36. The highest BCUT2D eigenvalue weighted by Crippen LogP contribution is 2.15. The van der Waals surface area contributed by atoms with E-state index in [-0.39, 0.29) is 5.97 Å². The number of rotatable bonds is 5. The van der Waals surface area contributed by atoms with Crippen molar-refractivity contribution >= 4 is 5.97 Å². The molecule has 1 aromatic carbocycles. The first-order chi connectivity index (χ1) is 9.17. The van der Waals surface area contributed by atoms with E-state index in [1.807, 2.05) is 30.3 Å². The van der Waals surface area contributed by atoms with E-state index in [0.717, 1.165) is 25.2 Å². The SMILES string of the molecule is CC[NH+](CC)CC#C[C@@H](OC(C)=O)c1ccccc1. The molecule has 0 bridgehead atoms. The van der Waals surface area contributed by atoms with Gasteiger partial charge in [0, 0.05) is 12.5 Å². The van der Waals surface area contributed by atoms with E-state index in [1.165, 1.54) is 11.8 Å². The number of benzene rings is 1. The zero-order valence-electron chi connectivity index (χ0n) is 11.9. The van der Waals surface area contributed by atoms with Gasteiger partial charge in [-0.15, -0.1) is 0 Å². The van der Waals surface area contributed by atoms with Crippen molar-refractivity contribution < 1.29 is 14.4 Å². The molecule has 1 rings (SSSR count). The summed E-state index contributed by atoms with van der Waals surface area (Å²) < 4.78 is 5.26. The van der Waals surface area contributed by atoms with E-state index in [2.05, 4.69) is 25.7 Å². The summed E-state index contributed by atoms with van der Waals surface area (Å²) >= 11 is 0. The molecule has 0 fully saturated rings. The third-order valence-electron chi connectivity index (χ3n) is 2.96. The first kappa shape index (κ1) is 15.3. The Balaban J connectivity index is 2.76. The quantitative estimate of drug-likeness (QED) is 0.637. The normalized spacial score (nSPS) is 11.6. The highest BCUT2D eigenvalue weighted by Gasteiger charge is 2.11. The van der Waals surface area contributed by atoms with Gasteiger partial charge in [-0.1, -0.05) is 30.3 Å². The maximum absolute atomic E-state index is 11.1. The molecule has 1 atom stereocenters. The van der Waals surface area contributed by atoms with Crippen LogP contribution in [0.2, 0.25) is 0 Å². The second-order valence-corrected chi connectivity index (χ2v) is 4.36. The van der Waals surface area contributed by atoms with E-state index < -0.39 is 6.10 Å². The molecule has 0 aliphatic carbocycles. The number of hydrogen-bond acceptors (Lipinski definition) is 2. The molecule has 19 heavy (non-hydrogen) atoms. The van der Waals surface area contributed by atoms with Crippen LogP contribution >= 0.6 is 0 Å². The van der Waals surface area contributed by atoms with Crippen molar-refractivity contribution in [1.29, 1.82) is 0 Å². The fourth-order valence-corrected chi connectivity index (χ4v) is 1.74. The lowest BCUT2D eigenvalue weighted by molar-refractivity contribution is -0.889. The zero-order valence-corrected chi connectivity index (χ0v) is 11.9. The molecule has 1 N–H and O–H groups in total. The number of carbonyl (C=O) groups excluding carboxylic acids is 1. The molecule has 0 spiro atoms. The van der Waals surface area contributed by atoms with Gasteiger partial charge in [0.2, 0.25) is 0 Å². The van der Waals surface area contributed by atoms with Crippen LogP contribution in [0.1, 0.15) is 32.4 Å². The lowest BCUT2D eigenvalue weighted by atomic mass is 10.1. The largest absolute Gasteiger partial charge is 0.444 e. The zero-order chi connectivity index (χ0) is 14.1. The Kier molecular flexibility index (Phi) is 6.70. The van der Waals surface area contributed by atoms with Crippen molar-refractivity contribution in [1.82, 2.24) is 0 Å². The van der Waals surface area contributed by atoms with Gasteiger partial charge in [-0.05, 0) is 25.7 Å². The van der Waals surface area contributed by atoms with Crippen LogP contribution in [0.3, 0.4) is 0 Å². The van der Waals surface area contributed by atoms with Gasteiger partial charge in [0.15, 0.2) is 6.10 Å². The average molecular weight is 260 g/mol. The van der Waals surface area contributed by atoms with Crippen LogP contribution in [0.15, 0.2) is 30.3 Å². The first-order valence-corrected chi connectivity index (χ1v) is 6.71. The number of esters is 1. The van der Waals surface area contributed by atoms with Crippen LogP contribution in [-0.4, -0.2) is 25.6 Å². The van der Waals surface area contributed by atoms with Gasteiger partial charge in [0.1, 0.15) is 6.54 Å². The molecule has 0 heterocycles. The highest BCUT2D eigenvalue weighted by molar-refractivity contribution is 5.66. The first-order valence-electron chi connectivity index (χ1n) is 6.71. The molecule has 0 aliphatic heterocycles. The van der Waals surface area contributed by atoms with Crippen molar-refractivity contribution in [2.24, 2.45) is 0 Å². The molecular weight excluding hydrogens is 238 g/mol. The smallest absolute Gasteiger partial charge is 0.304 e. The monoisotopic (exact) mass is 260 g/mol. The van der Waals surface area contributed by atoms with E-state index in [9.17, 15) is 4.79 Å². The van der Waals surface area contributed by atoms with Crippen LogP contribution < -0.4 is 4.90 Å². The summed E-state index contributed by atoms with van der Waals surface area (Å²) in [4.78, 5) is 12.6. The van der Waals surface area contributed by atoms with Gasteiger partial charge in [0.05, 0.1) is 13.1 Å². The molecule has 0 aromatic heterocycles. The molecule has 3 heteroatoms. The van der Waals surface area contributed by atoms with Crippen LogP contribution in [-0.2, 0) is 9.53 Å². The van der Waals surface area contributed by atoms with Gasteiger partial charge in [0.25, 0.3) is 0 Å². The molecule has 3 nitrogen and oxygen atoms in total. The van der Waals surface area contributed by atoms with E-state index in [1.54, 1.807) is 0 Å². The molecule has 0 aliphatic rings. The van der Waals surface area contributed by atoms with Gasteiger partial charge in [-0.25, -0.2) is 0 Å². The minimum atomic E-state index is -0.464. The van der Waals surface area contributed by atoms with Crippen LogP contribution in [0.5, 0.6) is 0 Å². The molecule has 102 valence electrons. The molecule has 0 radical (unpaired) electrons. The Morgan fingerprint density at radius 3 is 2.42 bits per heavy atom. The Morgan fingerprint density at radius 1 is 1.26 bits per heavy atom. The number of hydrogen-bond donors (Lipinski definition) is 1.